The van der Waals surface area contributed by atoms with Crippen LogP contribution in [0.15, 0.2) is 28.2 Å². The number of carbonyl (C=O) groups excluding carboxylic acids is 1. The Labute approximate surface area is 123 Å². The minimum absolute atomic E-state index is 0.0459. The number of aryl methyl sites for hydroxylation is 1. The third kappa shape index (κ3) is 5.49. The summed E-state index contributed by atoms with van der Waals surface area (Å²) in [7, 11) is 1.57. The lowest BCUT2D eigenvalue weighted by atomic mass is 10.1. The number of hydrogen-bond donors (Lipinski definition) is 4. The molecule has 8 heteroatoms. The van der Waals surface area contributed by atoms with Gasteiger partial charge in [0, 0.05) is 19.2 Å². The molecule has 0 heterocycles. The van der Waals surface area contributed by atoms with Gasteiger partial charge >= 0.3 is 0 Å². The van der Waals surface area contributed by atoms with E-state index in [-0.39, 0.29) is 17.8 Å². The Morgan fingerprint density at radius 1 is 1.33 bits per heavy atom. The van der Waals surface area contributed by atoms with Gasteiger partial charge in [-0.25, -0.2) is 4.99 Å². The van der Waals surface area contributed by atoms with Crippen LogP contribution in [-0.2, 0) is 4.74 Å². The molecule has 8 nitrogen and oxygen atoms in total. The topological polar surface area (TPSA) is 141 Å². The molecule has 0 radical (unpaired) electrons. The summed E-state index contributed by atoms with van der Waals surface area (Å²) in [5, 5.41) is 2.73. The van der Waals surface area contributed by atoms with E-state index in [1.54, 1.807) is 25.3 Å². The molecule has 7 N–H and O–H groups in total. The minimum Gasteiger partial charge on any atom is -0.383 e. The highest BCUT2D eigenvalue weighted by atomic mass is 16.5. The number of ether oxygens (including phenoxy) is 1. The summed E-state index contributed by atoms with van der Waals surface area (Å²) in [4.78, 5) is 19.6. The second-order valence-electron chi connectivity index (χ2n) is 4.26. The summed E-state index contributed by atoms with van der Waals surface area (Å²) >= 11 is 0. The first-order valence-corrected chi connectivity index (χ1v) is 6.25. The quantitative estimate of drug-likeness (QED) is 0.331. The highest BCUT2D eigenvalue weighted by molar-refractivity contribution is 5.96. The Hall–Kier alpha value is -2.61. The van der Waals surface area contributed by atoms with E-state index in [1.807, 2.05) is 6.92 Å². The molecule has 1 aromatic rings. The van der Waals surface area contributed by atoms with Gasteiger partial charge in [0.15, 0.2) is 5.96 Å². The van der Waals surface area contributed by atoms with Crippen molar-refractivity contribution in [2.24, 2.45) is 27.2 Å². The van der Waals surface area contributed by atoms with Gasteiger partial charge in [0.25, 0.3) is 5.91 Å². The van der Waals surface area contributed by atoms with Gasteiger partial charge in [0.1, 0.15) is 0 Å². The number of aliphatic imine (C=N–C) groups is 2. The van der Waals surface area contributed by atoms with Crippen molar-refractivity contribution in [2.45, 2.75) is 6.92 Å². The number of nitrogens with one attached hydrogen (secondary N) is 1. The molecule has 0 aliphatic heterocycles. The van der Waals surface area contributed by atoms with Crippen molar-refractivity contribution in [3.63, 3.8) is 0 Å². The van der Waals surface area contributed by atoms with E-state index in [4.69, 9.17) is 21.9 Å². The Morgan fingerprint density at radius 2 is 2.05 bits per heavy atom. The molecule has 21 heavy (non-hydrogen) atoms. The fourth-order valence-electron chi connectivity index (χ4n) is 1.57. The number of methoxy groups -OCH3 is 1. The van der Waals surface area contributed by atoms with Crippen LogP contribution in [-0.4, -0.2) is 38.1 Å². The van der Waals surface area contributed by atoms with E-state index in [9.17, 15) is 4.79 Å². The normalized spacial score (nSPS) is 11.0. The molecule has 0 saturated heterocycles. The Kier molecular flexibility index (Phi) is 6.15. The molecular weight excluding hydrogens is 272 g/mol. The number of guanidine groups is 2. The minimum atomic E-state index is -0.178. The molecule has 0 spiro atoms. The highest BCUT2D eigenvalue weighted by Gasteiger charge is 2.07. The SMILES string of the molecule is COCCNC(=O)c1ccc(N=C(N)N=C(N)N)c(C)c1. The van der Waals surface area contributed by atoms with Gasteiger partial charge in [0.05, 0.1) is 12.3 Å². The molecular formula is C13H20N6O2. The van der Waals surface area contributed by atoms with Crippen LogP contribution in [0.5, 0.6) is 0 Å². The van der Waals surface area contributed by atoms with Crippen LogP contribution in [0.1, 0.15) is 15.9 Å². The van der Waals surface area contributed by atoms with Crippen LogP contribution in [0.25, 0.3) is 0 Å². The monoisotopic (exact) mass is 292 g/mol. The molecule has 0 saturated carbocycles. The van der Waals surface area contributed by atoms with Gasteiger partial charge in [-0.15, -0.1) is 0 Å². The van der Waals surface area contributed by atoms with Crippen molar-refractivity contribution in [1.29, 1.82) is 0 Å². The van der Waals surface area contributed by atoms with Gasteiger partial charge in [-0.2, -0.15) is 4.99 Å². The fourth-order valence-corrected chi connectivity index (χ4v) is 1.57. The summed E-state index contributed by atoms with van der Waals surface area (Å²) in [5.41, 5.74) is 17.9. The van der Waals surface area contributed by atoms with Crippen molar-refractivity contribution in [3.8, 4) is 0 Å². The first-order valence-electron chi connectivity index (χ1n) is 6.25. The lowest BCUT2D eigenvalue weighted by Gasteiger charge is -2.07. The van der Waals surface area contributed by atoms with E-state index in [1.165, 1.54) is 0 Å². The molecule has 0 bridgehead atoms. The Balaban J connectivity index is 2.85. The van der Waals surface area contributed by atoms with Crippen LogP contribution < -0.4 is 22.5 Å². The standard InChI is InChI=1S/C13H20N6O2/c1-8-7-9(11(20)17-5-6-21-2)3-4-10(8)18-13(16)19-12(14)15/h3-4,7H,5-6H2,1-2H3,(H,17,20)(H6,14,15,16,18,19). The molecule has 0 fully saturated rings. The third-order valence-corrected chi connectivity index (χ3v) is 2.53. The van der Waals surface area contributed by atoms with Gasteiger partial charge in [-0.05, 0) is 30.7 Å². The zero-order chi connectivity index (χ0) is 15.8. The van der Waals surface area contributed by atoms with E-state index < -0.39 is 0 Å². The second kappa shape index (κ2) is 7.85. The molecule has 0 unspecified atom stereocenters. The predicted octanol–water partition coefficient (Wildman–Crippen LogP) is -0.409. The van der Waals surface area contributed by atoms with Crippen molar-refractivity contribution < 1.29 is 9.53 Å². The van der Waals surface area contributed by atoms with Crippen molar-refractivity contribution in [1.82, 2.24) is 5.32 Å². The van der Waals surface area contributed by atoms with Crippen LogP contribution in [0.2, 0.25) is 0 Å². The van der Waals surface area contributed by atoms with Crippen molar-refractivity contribution in [3.05, 3.63) is 29.3 Å². The van der Waals surface area contributed by atoms with Crippen molar-refractivity contribution >= 4 is 23.5 Å². The Bertz CT molecular complexity index is 564. The lowest BCUT2D eigenvalue weighted by molar-refractivity contribution is 0.0937. The van der Waals surface area contributed by atoms with Crippen LogP contribution in [0, 0.1) is 6.92 Å². The van der Waals surface area contributed by atoms with Gasteiger partial charge in [0.2, 0.25) is 5.96 Å². The summed E-state index contributed by atoms with van der Waals surface area (Å²) in [6.45, 7) is 2.72. The summed E-state index contributed by atoms with van der Waals surface area (Å²) in [5.74, 6) is -0.388. The van der Waals surface area contributed by atoms with E-state index in [0.717, 1.165) is 5.56 Å². The van der Waals surface area contributed by atoms with Gasteiger partial charge < -0.3 is 27.3 Å². The van der Waals surface area contributed by atoms with Crippen LogP contribution in [0.4, 0.5) is 5.69 Å². The number of nitrogens with two attached hydrogens (primary N) is 3. The maximum atomic E-state index is 11.9. The summed E-state index contributed by atoms with van der Waals surface area (Å²) in [6.07, 6.45) is 0. The number of benzene rings is 1. The zero-order valence-electron chi connectivity index (χ0n) is 12.1. The smallest absolute Gasteiger partial charge is 0.251 e. The number of rotatable bonds is 5. The molecule has 1 rings (SSSR count). The summed E-state index contributed by atoms with van der Waals surface area (Å²) < 4.78 is 4.87. The van der Waals surface area contributed by atoms with E-state index >= 15 is 0 Å². The van der Waals surface area contributed by atoms with Crippen LogP contribution in [0.3, 0.4) is 0 Å². The molecule has 1 amide bonds. The van der Waals surface area contributed by atoms with Crippen molar-refractivity contribution in [2.75, 3.05) is 20.3 Å². The molecule has 1 aromatic carbocycles. The molecule has 114 valence electrons. The fraction of sp³-hybridized carbons (Fsp3) is 0.308. The van der Waals surface area contributed by atoms with Gasteiger partial charge in [-0.1, -0.05) is 0 Å². The first kappa shape index (κ1) is 16.4. The van der Waals surface area contributed by atoms with E-state index in [2.05, 4.69) is 15.3 Å². The third-order valence-electron chi connectivity index (χ3n) is 2.53. The molecule has 0 aliphatic rings. The Morgan fingerprint density at radius 3 is 2.62 bits per heavy atom. The number of nitrogens with zero attached hydrogens (tertiary/aromatic N) is 2. The molecule has 0 atom stereocenters. The number of amides is 1. The largest absolute Gasteiger partial charge is 0.383 e. The maximum absolute atomic E-state index is 11.9. The molecule has 0 aliphatic carbocycles. The zero-order valence-corrected chi connectivity index (χ0v) is 12.1. The van der Waals surface area contributed by atoms with Gasteiger partial charge in [-0.3, -0.25) is 4.79 Å². The average Bonchev–Trinajstić information content (AvgIpc) is 2.40. The van der Waals surface area contributed by atoms with Crippen LogP contribution >= 0.6 is 0 Å². The number of carbonyl (C=O) groups is 1. The van der Waals surface area contributed by atoms with E-state index in [0.29, 0.717) is 24.4 Å². The lowest BCUT2D eigenvalue weighted by Crippen LogP contribution is -2.27. The maximum Gasteiger partial charge on any atom is 0.251 e. The number of hydrogen-bond acceptors (Lipinski definition) is 3. The highest BCUT2D eigenvalue weighted by Crippen LogP contribution is 2.19. The second-order valence-corrected chi connectivity index (χ2v) is 4.26. The molecule has 0 aromatic heterocycles. The predicted molar refractivity (Wildman–Crippen MR) is 82.5 cm³/mol. The average molecular weight is 292 g/mol. The first-order chi connectivity index (χ1) is 9.93. The summed E-state index contributed by atoms with van der Waals surface area (Å²) in [6, 6.07) is 5.04.